The summed E-state index contributed by atoms with van der Waals surface area (Å²) in [6.45, 7) is 0. The number of nitrogens with two attached hydrogens (primary N) is 1. The first kappa shape index (κ1) is 8.69. The lowest BCUT2D eigenvalue weighted by Crippen LogP contribution is -2.14. The SMILES string of the molecule is NC(=O)c1ccc(Br)nc1C1CC1. The molecule has 2 N–H and O–H groups in total. The van der Waals surface area contributed by atoms with Crippen molar-refractivity contribution in [2.24, 2.45) is 5.73 Å². The number of primary amides is 1. The minimum atomic E-state index is -0.387. The molecule has 0 bridgehead atoms. The maximum Gasteiger partial charge on any atom is 0.250 e. The van der Waals surface area contributed by atoms with Crippen LogP contribution in [-0.4, -0.2) is 10.9 Å². The number of nitrogens with zero attached hydrogens (tertiary/aromatic N) is 1. The van der Waals surface area contributed by atoms with E-state index in [1.54, 1.807) is 12.1 Å². The minimum absolute atomic E-state index is 0.387. The van der Waals surface area contributed by atoms with Crippen LogP contribution in [0.15, 0.2) is 16.7 Å². The Labute approximate surface area is 84.5 Å². The molecule has 1 aromatic heterocycles. The Hall–Kier alpha value is -0.900. The van der Waals surface area contributed by atoms with E-state index in [0.29, 0.717) is 11.5 Å². The topological polar surface area (TPSA) is 56.0 Å². The molecule has 2 rings (SSSR count). The summed E-state index contributed by atoms with van der Waals surface area (Å²) >= 11 is 3.28. The molecule has 0 aromatic carbocycles. The van der Waals surface area contributed by atoms with Crippen LogP contribution in [0, 0.1) is 0 Å². The van der Waals surface area contributed by atoms with Gasteiger partial charge in [0, 0.05) is 5.92 Å². The Kier molecular flexibility index (Phi) is 2.07. The Morgan fingerprint density at radius 1 is 1.54 bits per heavy atom. The second-order valence-electron chi connectivity index (χ2n) is 3.21. The smallest absolute Gasteiger partial charge is 0.250 e. The van der Waals surface area contributed by atoms with E-state index in [1.807, 2.05) is 0 Å². The normalized spacial score (nSPS) is 15.8. The summed E-state index contributed by atoms with van der Waals surface area (Å²) in [7, 11) is 0. The van der Waals surface area contributed by atoms with Crippen molar-refractivity contribution in [1.82, 2.24) is 4.98 Å². The van der Waals surface area contributed by atoms with Crippen molar-refractivity contribution in [1.29, 1.82) is 0 Å². The highest BCUT2D eigenvalue weighted by Crippen LogP contribution is 2.40. The molecule has 68 valence electrons. The zero-order valence-corrected chi connectivity index (χ0v) is 8.54. The molecule has 13 heavy (non-hydrogen) atoms. The van der Waals surface area contributed by atoms with E-state index in [1.165, 1.54) is 0 Å². The molecule has 1 aromatic rings. The van der Waals surface area contributed by atoms with Crippen molar-refractivity contribution >= 4 is 21.8 Å². The van der Waals surface area contributed by atoms with Crippen LogP contribution in [0.3, 0.4) is 0 Å². The number of pyridine rings is 1. The third-order valence-corrected chi connectivity index (χ3v) is 2.56. The van der Waals surface area contributed by atoms with Crippen molar-refractivity contribution in [2.75, 3.05) is 0 Å². The summed E-state index contributed by atoms with van der Waals surface area (Å²) < 4.78 is 0.763. The van der Waals surface area contributed by atoms with Crippen LogP contribution in [0.2, 0.25) is 0 Å². The van der Waals surface area contributed by atoms with Gasteiger partial charge in [0.1, 0.15) is 4.60 Å². The Bertz CT molecular complexity index is 361. The number of aromatic nitrogens is 1. The molecule has 3 nitrogen and oxygen atoms in total. The molecule has 1 amide bonds. The fourth-order valence-electron chi connectivity index (χ4n) is 1.33. The molecule has 0 spiro atoms. The first-order valence-corrected chi connectivity index (χ1v) is 4.94. The summed E-state index contributed by atoms with van der Waals surface area (Å²) in [6, 6.07) is 3.47. The van der Waals surface area contributed by atoms with E-state index >= 15 is 0 Å². The van der Waals surface area contributed by atoms with Gasteiger partial charge in [-0.05, 0) is 40.9 Å². The third kappa shape index (κ3) is 1.72. The molecular formula is C9H9BrN2O. The number of carbonyl (C=O) groups is 1. The fraction of sp³-hybridized carbons (Fsp3) is 0.333. The minimum Gasteiger partial charge on any atom is -0.366 e. The second kappa shape index (κ2) is 3.10. The van der Waals surface area contributed by atoms with E-state index in [9.17, 15) is 4.79 Å². The van der Waals surface area contributed by atoms with Crippen molar-refractivity contribution in [3.8, 4) is 0 Å². The molecule has 0 atom stereocenters. The van der Waals surface area contributed by atoms with E-state index in [0.717, 1.165) is 23.1 Å². The fourth-order valence-corrected chi connectivity index (χ4v) is 1.65. The number of halogens is 1. The average Bonchev–Trinajstić information content (AvgIpc) is 2.85. The van der Waals surface area contributed by atoms with Gasteiger partial charge < -0.3 is 5.73 Å². The Morgan fingerprint density at radius 2 is 2.23 bits per heavy atom. The molecule has 1 aliphatic carbocycles. The van der Waals surface area contributed by atoms with Crippen LogP contribution in [0.1, 0.15) is 34.8 Å². The van der Waals surface area contributed by atoms with E-state index in [4.69, 9.17) is 5.73 Å². The summed E-state index contributed by atoms with van der Waals surface area (Å²) in [4.78, 5) is 15.3. The summed E-state index contributed by atoms with van der Waals surface area (Å²) in [5.74, 6) is 0.0573. The zero-order valence-electron chi connectivity index (χ0n) is 6.96. The lowest BCUT2D eigenvalue weighted by Gasteiger charge is -2.03. The van der Waals surface area contributed by atoms with Crippen LogP contribution < -0.4 is 5.73 Å². The molecule has 0 aliphatic heterocycles. The van der Waals surface area contributed by atoms with Crippen molar-refractivity contribution in [3.05, 3.63) is 28.0 Å². The van der Waals surface area contributed by atoms with Gasteiger partial charge in [0.25, 0.3) is 5.91 Å². The monoisotopic (exact) mass is 240 g/mol. The molecule has 0 saturated heterocycles. The Balaban J connectivity index is 2.47. The maximum atomic E-state index is 11.0. The van der Waals surface area contributed by atoms with Gasteiger partial charge in [0.15, 0.2) is 0 Å². The number of hydrogen-bond donors (Lipinski definition) is 1. The number of amides is 1. The van der Waals surface area contributed by atoms with Gasteiger partial charge in [-0.1, -0.05) is 0 Å². The van der Waals surface area contributed by atoms with Gasteiger partial charge in [-0.15, -0.1) is 0 Å². The highest BCUT2D eigenvalue weighted by molar-refractivity contribution is 9.10. The predicted octanol–water partition coefficient (Wildman–Crippen LogP) is 1.82. The first-order valence-electron chi connectivity index (χ1n) is 4.14. The van der Waals surface area contributed by atoms with Crippen LogP contribution in [0.4, 0.5) is 0 Å². The van der Waals surface area contributed by atoms with E-state index in [-0.39, 0.29) is 5.91 Å². The van der Waals surface area contributed by atoms with Crippen molar-refractivity contribution < 1.29 is 4.79 Å². The second-order valence-corrected chi connectivity index (χ2v) is 4.02. The van der Waals surface area contributed by atoms with E-state index in [2.05, 4.69) is 20.9 Å². The van der Waals surface area contributed by atoms with Gasteiger partial charge in [-0.2, -0.15) is 0 Å². The van der Waals surface area contributed by atoms with Gasteiger partial charge in [0.2, 0.25) is 0 Å². The molecular weight excluding hydrogens is 232 g/mol. The molecule has 1 saturated carbocycles. The lowest BCUT2D eigenvalue weighted by atomic mass is 10.1. The first-order chi connectivity index (χ1) is 6.18. The van der Waals surface area contributed by atoms with Gasteiger partial charge in [-0.3, -0.25) is 4.79 Å². The highest BCUT2D eigenvalue weighted by Gasteiger charge is 2.29. The molecule has 0 unspecified atom stereocenters. The van der Waals surface area contributed by atoms with Crippen LogP contribution in [-0.2, 0) is 0 Å². The van der Waals surface area contributed by atoms with Gasteiger partial charge in [-0.25, -0.2) is 4.98 Å². The van der Waals surface area contributed by atoms with Gasteiger partial charge >= 0.3 is 0 Å². The maximum absolute atomic E-state index is 11.0. The van der Waals surface area contributed by atoms with Crippen LogP contribution in [0.5, 0.6) is 0 Å². The van der Waals surface area contributed by atoms with Crippen LogP contribution in [0.25, 0.3) is 0 Å². The third-order valence-electron chi connectivity index (χ3n) is 2.12. The standard InChI is InChI=1S/C9H9BrN2O/c10-7-4-3-6(9(11)13)8(12-7)5-1-2-5/h3-5H,1-2H2,(H2,11,13). The van der Waals surface area contributed by atoms with Gasteiger partial charge in [0.05, 0.1) is 11.3 Å². The summed E-state index contributed by atoms with van der Waals surface area (Å²) in [6.07, 6.45) is 2.23. The molecule has 4 heteroatoms. The van der Waals surface area contributed by atoms with Crippen molar-refractivity contribution in [2.45, 2.75) is 18.8 Å². The number of carbonyl (C=O) groups excluding carboxylic acids is 1. The lowest BCUT2D eigenvalue weighted by molar-refractivity contribution is 0.0999. The highest BCUT2D eigenvalue weighted by atomic mass is 79.9. The molecule has 1 heterocycles. The van der Waals surface area contributed by atoms with Crippen molar-refractivity contribution in [3.63, 3.8) is 0 Å². The average molecular weight is 241 g/mol. The summed E-state index contributed by atoms with van der Waals surface area (Å²) in [5.41, 5.74) is 6.65. The van der Waals surface area contributed by atoms with Crippen LogP contribution >= 0.6 is 15.9 Å². The largest absolute Gasteiger partial charge is 0.366 e. The Morgan fingerprint density at radius 3 is 2.77 bits per heavy atom. The predicted molar refractivity (Wildman–Crippen MR) is 52.4 cm³/mol. The molecule has 0 radical (unpaired) electrons. The quantitative estimate of drug-likeness (QED) is 0.803. The number of rotatable bonds is 2. The van der Waals surface area contributed by atoms with E-state index < -0.39 is 0 Å². The summed E-state index contributed by atoms with van der Waals surface area (Å²) in [5, 5.41) is 0. The number of hydrogen-bond acceptors (Lipinski definition) is 2. The molecule has 1 aliphatic rings. The zero-order chi connectivity index (χ0) is 9.42. The molecule has 1 fully saturated rings.